The molecule has 0 aromatic carbocycles. The van der Waals surface area contributed by atoms with Crippen molar-refractivity contribution in [2.75, 3.05) is 37.0 Å². The van der Waals surface area contributed by atoms with Gasteiger partial charge in [-0.1, -0.05) is 41.5 Å². The van der Waals surface area contributed by atoms with Gasteiger partial charge in [0.25, 0.3) is 0 Å². The fourth-order valence-corrected chi connectivity index (χ4v) is 4.02. The second-order valence-electron chi connectivity index (χ2n) is 3.28. The third-order valence-electron chi connectivity index (χ3n) is 2.68. The molecule has 0 fully saturated rings. The Morgan fingerprint density at radius 2 is 0.706 bits per heavy atom. The molecule has 0 aliphatic carbocycles. The van der Waals surface area contributed by atoms with Gasteiger partial charge in [0.1, 0.15) is 0 Å². The van der Waals surface area contributed by atoms with E-state index < -0.39 is 0 Å². The molecule has 0 aromatic rings. The monoisotopic (exact) mass is 500 g/mol. The number of rotatable bonds is 6. The number of hydrogen-bond acceptors (Lipinski definition) is 0. The van der Waals surface area contributed by atoms with Gasteiger partial charge >= 0.3 is 40.8 Å². The summed E-state index contributed by atoms with van der Waals surface area (Å²) in [5, 5.41) is 0. The van der Waals surface area contributed by atoms with Gasteiger partial charge in [-0.05, 0) is 37.0 Å². The molecule has 0 amide bonds. The first-order chi connectivity index (χ1) is 8.11. The topological polar surface area (TPSA) is 0 Å². The standard InChI is InChI=1S/2C6H15P.2BrH.Pd/c2*1-4-7(5-2)6-3;;;/h2*4-6H2,1-3H3;2*1H;/q;;;;+2/p-2. The van der Waals surface area contributed by atoms with Gasteiger partial charge in [0.2, 0.25) is 0 Å². The zero-order valence-electron chi connectivity index (χ0n) is 12.2. The van der Waals surface area contributed by atoms with Crippen LogP contribution in [0, 0.1) is 0 Å². The SMILES string of the molecule is CCP(CC)CC.CCP(CC)CC.[Br][Pd][Br]. The first-order valence-electron chi connectivity index (χ1n) is 6.38. The molecule has 0 aliphatic rings. The maximum absolute atomic E-state index is 3.11. The Kier molecular flexibility index (Phi) is 34.0. The average Bonchev–Trinajstić information content (AvgIpc) is 2.35. The van der Waals surface area contributed by atoms with E-state index in [-0.39, 0.29) is 0 Å². The average molecular weight is 503 g/mol. The molecule has 0 nitrogen and oxygen atoms in total. The Labute approximate surface area is 134 Å². The molecule has 0 bridgehead atoms. The van der Waals surface area contributed by atoms with Crippen LogP contribution < -0.4 is 0 Å². The van der Waals surface area contributed by atoms with Crippen molar-refractivity contribution < 1.29 is 13.9 Å². The van der Waals surface area contributed by atoms with E-state index in [0.29, 0.717) is 29.8 Å². The fourth-order valence-electron chi connectivity index (χ4n) is 1.34. The predicted molar refractivity (Wildman–Crippen MR) is 94.9 cm³/mol. The van der Waals surface area contributed by atoms with Crippen molar-refractivity contribution in [3.8, 4) is 0 Å². The molecule has 0 atom stereocenters. The molecule has 17 heavy (non-hydrogen) atoms. The summed E-state index contributed by atoms with van der Waals surface area (Å²) < 4.78 is 0. The number of halogens is 2. The molecule has 0 spiro atoms. The van der Waals surface area contributed by atoms with Crippen LogP contribution in [-0.2, 0) is 13.9 Å². The first-order valence-corrected chi connectivity index (χ1v) is 17.3. The molecule has 0 aliphatic heterocycles. The summed E-state index contributed by atoms with van der Waals surface area (Å²) in [5.41, 5.74) is 0. The van der Waals surface area contributed by atoms with Crippen LogP contribution in [-0.4, -0.2) is 37.0 Å². The van der Waals surface area contributed by atoms with E-state index in [0.717, 1.165) is 0 Å². The Morgan fingerprint density at radius 1 is 0.588 bits per heavy atom. The van der Waals surface area contributed by atoms with Gasteiger partial charge in [-0.2, -0.15) is 0 Å². The molecule has 0 saturated carbocycles. The summed E-state index contributed by atoms with van der Waals surface area (Å²) in [4.78, 5) is 0. The molecular formula is C12H30Br2P2Pd. The fraction of sp³-hybridized carbons (Fsp3) is 1.00. The first kappa shape index (κ1) is 24.5. The summed E-state index contributed by atoms with van der Waals surface area (Å²) in [5.74, 6) is 0. The Balaban J connectivity index is -0.000000188. The van der Waals surface area contributed by atoms with Crippen molar-refractivity contribution in [2.24, 2.45) is 0 Å². The molecule has 0 N–H and O–H groups in total. The van der Waals surface area contributed by atoms with Gasteiger partial charge in [-0.15, -0.1) is 15.8 Å². The third-order valence-corrected chi connectivity index (χ3v) is 8.05. The molecule has 5 heteroatoms. The van der Waals surface area contributed by atoms with E-state index >= 15 is 0 Å². The Bertz CT molecular complexity index is 87.7. The summed E-state index contributed by atoms with van der Waals surface area (Å²) in [6, 6.07) is 0. The van der Waals surface area contributed by atoms with E-state index in [1.807, 2.05) is 0 Å². The maximum atomic E-state index is 3.11. The Hall–Kier alpha value is 2.48. The number of hydrogen-bond donors (Lipinski definition) is 0. The Morgan fingerprint density at radius 3 is 0.706 bits per heavy atom. The van der Waals surface area contributed by atoms with Gasteiger partial charge in [0.15, 0.2) is 0 Å². The van der Waals surface area contributed by atoms with Crippen LogP contribution in [0.15, 0.2) is 0 Å². The van der Waals surface area contributed by atoms with Crippen LogP contribution >= 0.6 is 42.7 Å². The summed E-state index contributed by atoms with van der Waals surface area (Å²) in [6.07, 6.45) is 8.51. The van der Waals surface area contributed by atoms with Gasteiger partial charge in [0.05, 0.1) is 0 Å². The minimum absolute atomic E-state index is 0.446. The molecule has 0 saturated heterocycles. The van der Waals surface area contributed by atoms with Gasteiger partial charge < -0.3 is 0 Å². The molecular weight excluding hydrogens is 472 g/mol. The predicted octanol–water partition coefficient (Wildman–Crippen LogP) is 6.74. The van der Waals surface area contributed by atoms with Crippen molar-refractivity contribution >= 4 is 42.7 Å². The van der Waals surface area contributed by atoms with Crippen molar-refractivity contribution in [3.63, 3.8) is 0 Å². The molecule has 112 valence electrons. The summed E-state index contributed by atoms with van der Waals surface area (Å²) >= 11 is 6.80. The zero-order chi connectivity index (χ0) is 14.1. The van der Waals surface area contributed by atoms with Crippen LogP contribution in [0.2, 0.25) is 0 Å². The normalized spacial score (nSPS) is 9.76. The van der Waals surface area contributed by atoms with Gasteiger partial charge in [-0.25, -0.2) is 0 Å². The van der Waals surface area contributed by atoms with Crippen LogP contribution in [0.1, 0.15) is 41.5 Å². The van der Waals surface area contributed by atoms with Crippen LogP contribution in [0.4, 0.5) is 0 Å². The van der Waals surface area contributed by atoms with E-state index in [1.165, 1.54) is 37.0 Å². The van der Waals surface area contributed by atoms with E-state index in [9.17, 15) is 0 Å². The second-order valence-corrected chi connectivity index (χ2v) is 16.9. The van der Waals surface area contributed by atoms with Crippen molar-refractivity contribution in [1.29, 1.82) is 0 Å². The van der Waals surface area contributed by atoms with E-state index in [1.54, 1.807) is 0 Å². The molecule has 0 radical (unpaired) electrons. The van der Waals surface area contributed by atoms with Crippen molar-refractivity contribution in [3.05, 3.63) is 0 Å². The minimum atomic E-state index is 0.446. The molecule has 0 heterocycles. The summed E-state index contributed by atoms with van der Waals surface area (Å²) in [6.45, 7) is 13.7. The second kappa shape index (κ2) is 23.6. The van der Waals surface area contributed by atoms with Crippen molar-refractivity contribution in [1.82, 2.24) is 0 Å². The van der Waals surface area contributed by atoms with Crippen LogP contribution in [0.5, 0.6) is 0 Å². The molecule has 0 aromatic heterocycles. The third kappa shape index (κ3) is 23.9. The van der Waals surface area contributed by atoms with Gasteiger partial charge in [0, 0.05) is 0 Å². The summed E-state index contributed by atoms with van der Waals surface area (Å²) in [7, 11) is 0.892. The molecule has 0 rings (SSSR count). The van der Waals surface area contributed by atoms with E-state index in [4.69, 9.17) is 0 Å². The van der Waals surface area contributed by atoms with E-state index in [2.05, 4.69) is 68.4 Å². The molecule has 0 unspecified atom stereocenters. The zero-order valence-corrected chi connectivity index (χ0v) is 18.7. The van der Waals surface area contributed by atoms with Crippen LogP contribution in [0.25, 0.3) is 0 Å². The quantitative estimate of drug-likeness (QED) is 0.279. The van der Waals surface area contributed by atoms with Crippen LogP contribution in [0.3, 0.4) is 0 Å². The van der Waals surface area contributed by atoms with Gasteiger partial charge in [-0.3, -0.25) is 0 Å². The van der Waals surface area contributed by atoms with Crippen molar-refractivity contribution in [2.45, 2.75) is 41.5 Å².